The molecule has 0 atom stereocenters. The molecular formula is C12H15BrO2. The van der Waals surface area contributed by atoms with E-state index in [1.54, 1.807) is 0 Å². The van der Waals surface area contributed by atoms with Crippen molar-refractivity contribution in [2.24, 2.45) is 5.92 Å². The summed E-state index contributed by atoms with van der Waals surface area (Å²) in [5.41, 5.74) is 0. The summed E-state index contributed by atoms with van der Waals surface area (Å²) in [5.74, 6) is 1.59. The third kappa shape index (κ3) is 3.50. The summed E-state index contributed by atoms with van der Waals surface area (Å²) >= 11 is 3.43. The molecular weight excluding hydrogens is 256 g/mol. The van der Waals surface area contributed by atoms with Gasteiger partial charge in [0.2, 0.25) is 0 Å². The standard InChI is InChI=1S/C12H15BrO2/c13-11-2-1-3-12(8-11)15-9-10-4-6-14-7-5-10/h1-3,8,10H,4-7,9H2. The van der Waals surface area contributed by atoms with Gasteiger partial charge in [0, 0.05) is 17.7 Å². The first kappa shape index (κ1) is 11.0. The average Bonchev–Trinajstić information content (AvgIpc) is 2.28. The minimum atomic E-state index is 0.651. The number of ether oxygens (including phenoxy) is 2. The van der Waals surface area contributed by atoms with E-state index in [-0.39, 0.29) is 0 Å². The Balaban J connectivity index is 1.81. The van der Waals surface area contributed by atoms with Crippen LogP contribution in [0.1, 0.15) is 12.8 Å². The number of halogens is 1. The maximum Gasteiger partial charge on any atom is 0.120 e. The van der Waals surface area contributed by atoms with Crippen molar-refractivity contribution in [2.75, 3.05) is 19.8 Å². The number of benzene rings is 1. The predicted molar refractivity (Wildman–Crippen MR) is 63.2 cm³/mol. The van der Waals surface area contributed by atoms with Crippen LogP contribution in [0.3, 0.4) is 0 Å². The quantitative estimate of drug-likeness (QED) is 0.840. The molecule has 1 aromatic rings. The third-order valence-electron chi connectivity index (χ3n) is 2.62. The molecule has 1 saturated heterocycles. The molecule has 0 unspecified atom stereocenters. The van der Waals surface area contributed by atoms with Crippen LogP contribution < -0.4 is 4.74 Å². The Morgan fingerprint density at radius 3 is 2.87 bits per heavy atom. The van der Waals surface area contributed by atoms with E-state index >= 15 is 0 Å². The van der Waals surface area contributed by atoms with E-state index < -0.39 is 0 Å². The van der Waals surface area contributed by atoms with Gasteiger partial charge >= 0.3 is 0 Å². The minimum absolute atomic E-state index is 0.651. The highest BCUT2D eigenvalue weighted by molar-refractivity contribution is 9.10. The Kier molecular flexibility index (Phi) is 4.03. The van der Waals surface area contributed by atoms with Crippen LogP contribution in [0.15, 0.2) is 28.7 Å². The fraction of sp³-hybridized carbons (Fsp3) is 0.500. The van der Waals surface area contributed by atoms with Gasteiger partial charge in [0.1, 0.15) is 5.75 Å². The van der Waals surface area contributed by atoms with E-state index in [9.17, 15) is 0 Å². The molecule has 0 saturated carbocycles. The average molecular weight is 271 g/mol. The zero-order valence-electron chi connectivity index (χ0n) is 8.62. The molecule has 3 heteroatoms. The van der Waals surface area contributed by atoms with Crippen molar-refractivity contribution in [3.05, 3.63) is 28.7 Å². The van der Waals surface area contributed by atoms with Crippen molar-refractivity contribution in [3.63, 3.8) is 0 Å². The summed E-state index contributed by atoms with van der Waals surface area (Å²) in [6, 6.07) is 7.98. The highest BCUT2D eigenvalue weighted by Gasteiger charge is 2.14. The first-order valence-corrected chi connectivity index (χ1v) is 6.10. The molecule has 0 bridgehead atoms. The molecule has 1 aliphatic heterocycles. The van der Waals surface area contributed by atoms with Crippen LogP contribution in [0.5, 0.6) is 5.75 Å². The van der Waals surface area contributed by atoms with Crippen LogP contribution >= 0.6 is 15.9 Å². The molecule has 1 aromatic carbocycles. The van der Waals surface area contributed by atoms with E-state index in [0.717, 1.165) is 42.9 Å². The lowest BCUT2D eigenvalue weighted by Gasteiger charge is -2.22. The molecule has 0 spiro atoms. The highest BCUT2D eigenvalue weighted by Crippen LogP contribution is 2.20. The molecule has 0 N–H and O–H groups in total. The lowest BCUT2D eigenvalue weighted by atomic mass is 10.0. The smallest absolute Gasteiger partial charge is 0.120 e. The molecule has 0 aromatic heterocycles. The topological polar surface area (TPSA) is 18.5 Å². The van der Waals surface area contributed by atoms with Gasteiger partial charge in [-0.3, -0.25) is 0 Å². The Morgan fingerprint density at radius 2 is 2.13 bits per heavy atom. The second-order valence-corrected chi connectivity index (χ2v) is 4.74. The van der Waals surface area contributed by atoms with Crippen molar-refractivity contribution < 1.29 is 9.47 Å². The second-order valence-electron chi connectivity index (χ2n) is 3.82. The molecule has 1 aliphatic rings. The van der Waals surface area contributed by atoms with Crippen molar-refractivity contribution in [3.8, 4) is 5.75 Å². The van der Waals surface area contributed by atoms with Crippen LogP contribution in [0.4, 0.5) is 0 Å². The van der Waals surface area contributed by atoms with E-state index in [4.69, 9.17) is 9.47 Å². The number of hydrogen-bond acceptors (Lipinski definition) is 2. The Hall–Kier alpha value is -0.540. The van der Waals surface area contributed by atoms with E-state index in [1.165, 1.54) is 0 Å². The van der Waals surface area contributed by atoms with Gasteiger partial charge in [-0.15, -0.1) is 0 Å². The van der Waals surface area contributed by atoms with Gasteiger partial charge in [-0.25, -0.2) is 0 Å². The molecule has 0 radical (unpaired) electrons. The zero-order valence-corrected chi connectivity index (χ0v) is 10.2. The summed E-state index contributed by atoms with van der Waals surface area (Å²) in [6.45, 7) is 2.57. The lowest BCUT2D eigenvalue weighted by molar-refractivity contribution is 0.0497. The Bertz CT molecular complexity index is 308. The zero-order chi connectivity index (χ0) is 10.5. The molecule has 0 amide bonds. The van der Waals surface area contributed by atoms with Gasteiger partial charge in [0.05, 0.1) is 6.61 Å². The predicted octanol–water partition coefficient (Wildman–Crippen LogP) is 3.25. The highest BCUT2D eigenvalue weighted by atomic mass is 79.9. The van der Waals surface area contributed by atoms with Gasteiger partial charge in [-0.05, 0) is 37.0 Å². The maximum atomic E-state index is 5.74. The summed E-state index contributed by atoms with van der Waals surface area (Å²) in [4.78, 5) is 0. The SMILES string of the molecule is Brc1cccc(OCC2CCOCC2)c1. The number of rotatable bonds is 3. The fourth-order valence-corrected chi connectivity index (χ4v) is 2.06. The Morgan fingerprint density at radius 1 is 1.33 bits per heavy atom. The maximum absolute atomic E-state index is 5.74. The lowest BCUT2D eigenvalue weighted by Crippen LogP contribution is -2.21. The van der Waals surface area contributed by atoms with Crippen LogP contribution in [-0.4, -0.2) is 19.8 Å². The summed E-state index contributed by atoms with van der Waals surface area (Å²) < 4.78 is 12.1. The first-order valence-electron chi connectivity index (χ1n) is 5.31. The van der Waals surface area contributed by atoms with Crippen LogP contribution in [0, 0.1) is 5.92 Å². The van der Waals surface area contributed by atoms with E-state index in [1.807, 2.05) is 24.3 Å². The minimum Gasteiger partial charge on any atom is -0.493 e. The number of hydrogen-bond donors (Lipinski definition) is 0. The molecule has 0 aliphatic carbocycles. The Labute approximate surface area is 98.7 Å². The van der Waals surface area contributed by atoms with Crippen LogP contribution in [0.2, 0.25) is 0 Å². The molecule has 2 rings (SSSR count). The van der Waals surface area contributed by atoms with Crippen molar-refractivity contribution >= 4 is 15.9 Å². The summed E-state index contributed by atoms with van der Waals surface area (Å²) in [7, 11) is 0. The van der Waals surface area contributed by atoms with E-state index in [0.29, 0.717) is 5.92 Å². The molecule has 1 heterocycles. The largest absolute Gasteiger partial charge is 0.493 e. The van der Waals surface area contributed by atoms with Gasteiger partial charge < -0.3 is 9.47 Å². The molecule has 2 nitrogen and oxygen atoms in total. The fourth-order valence-electron chi connectivity index (χ4n) is 1.68. The van der Waals surface area contributed by atoms with Crippen LogP contribution in [0.25, 0.3) is 0 Å². The summed E-state index contributed by atoms with van der Waals surface area (Å²) in [6.07, 6.45) is 2.24. The van der Waals surface area contributed by atoms with Gasteiger partial charge in [-0.1, -0.05) is 22.0 Å². The molecule has 82 valence electrons. The summed E-state index contributed by atoms with van der Waals surface area (Å²) in [5, 5.41) is 0. The van der Waals surface area contributed by atoms with Crippen molar-refractivity contribution in [1.82, 2.24) is 0 Å². The monoisotopic (exact) mass is 270 g/mol. The first-order chi connectivity index (χ1) is 7.34. The van der Waals surface area contributed by atoms with E-state index in [2.05, 4.69) is 15.9 Å². The van der Waals surface area contributed by atoms with Gasteiger partial charge in [0.15, 0.2) is 0 Å². The molecule has 1 fully saturated rings. The molecule has 15 heavy (non-hydrogen) atoms. The third-order valence-corrected chi connectivity index (χ3v) is 3.12. The van der Waals surface area contributed by atoms with Crippen molar-refractivity contribution in [1.29, 1.82) is 0 Å². The van der Waals surface area contributed by atoms with Crippen LogP contribution in [-0.2, 0) is 4.74 Å². The van der Waals surface area contributed by atoms with Crippen molar-refractivity contribution in [2.45, 2.75) is 12.8 Å². The van der Waals surface area contributed by atoms with Gasteiger partial charge in [0.25, 0.3) is 0 Å². The normalized spacial score (nSPS) is 17.7. The second kappa shape index (κ2) is 5.52. The van der Waals surface area contributed by atoms with Gasteiger partial charge in [-0.2, -0.15) is 0 Å².